The number of rotatable bonds is 2. The highest BCUT2D eigenvalue weighted by molar-refractivity contribution is 5.84. The lowest BCUT2D eigenvalue weighted by Crippen LogP contribution is -2.18. The number of fused-ring (bicyclic) bond motifs is 1. The number of ketones is 1. The Morgan fingerprint density at radius 3 is 3.14 bits per heavy atom. The number of H-pyrrole nitrogens is 1. The van der Waals surface area contributed by atoms with Crippen LogP contribution in [0.3, 0.4) is 0 Å². The van der Waals surface area contributed by atoms with E-state index < -0.39 is 6.04 Å². The maximum Gasteiger partial charge on any atom is 0.151 e. The number of hydrogen-bond acceptors (Lipinski definition) is 3. The quantitative estimate of drug-likeness (QED) is 0.744. The molecule has 1 atom stereocenters. The predicted octanol–water partition coefficient (Wildman–Crippen LogP) is 1.15. The van der Waals surface area contributed by atoms with E-state index in [1.807, 2.05) is 12.1 Å². The number of carbonyl (C=O) groups is 1. The number of hydrogen-bond donors (Lipinski definition) is 2. The van der Waals surface area contributed by atoms with Gasteiger partial charge in [0.1, 0.15) is 5.65 Å². The van der Waals surface area contributed by atoms with Crippen molar-refractivity contribution < 1.29 is 4.79 Å². The Morgan fingerprint density at radius 1 is 1.64 bits per heavy atom. The van der Waals surface area contributed by atoms with Gasteiger partial charge in [0.05, 0.1) is 6.04 Å². The lowest BCUT2D eigenvalue weighted by molar-refractivity contribution is -0.118. The molecule has 72 valence electrons. The molecule has 0 aliphatic carbocycles. The molecule has 0 aliphatic rings. The molecule has 14 heavy (non-hydrogen) atoms. The zero-order valence-electron chi connectivity index (χ0n) is 7.82. The third-order valence-electron chi connectivity index (χ3n) is 2.22. The Labute approximate surface area is 81.1 Å². The number of nitrogens with one attached hydrogen (secondary N) is 1. The van der Waals surface area contributed by atoms with Crippen molar-refractivity contribution in [2.24, 2.45) is 5.73 Å². The van der Waals surface area contributed by atoms with Crippen molar-refractivity contribution in [2.45, 2.75) is 13.0 Å². The van der Waals surface area contributed by atoms with Crippen molar-refractivity contribution in [3.8, 4) is 0 Å². The summed E-state index contributed by atoms with van der Waals surface area (Å²) < 4.78 is 0. The molecule has 0 spiro atoms. The van der Waals surface area contributed by atoms with Crippen molar-refractivity contribution in [1.29, 1.82) is 0 Å². The maximum absolute atomic E-state index is 11.1. The zero-order chi connectivity index (χ0) is 10.1. The average molecular weight is 189 g/mol. The van der Waals surface area contributed by atoms with Gasteiger partial charge in [0.25, 0.3) is 0 Å². The fraction of sp³-hybridized carbons (Fsp3) is 0.200. The summed E-state index contributed by atoms with van der Waals surface area (Å²) in [6.45, 7) is 1.48. The van der Waals surface area contributed by atoms with E-state index in [4.69, 9.17) is 5.73 Å². The standard InChI is InChI=1S/C10H11N3O/c1-6(14)9(11)8-4-7-2-3-12-10(7)13-5-8/h2-5,9H,11H2,1H3,(H,12,13). The van der Waals surface area contributed by atoms with Crippen LogP contribution in [0.2, 0.25) is 0 Å². The van der Waals surface area contributed by atoms with E-state index >= 15 is 0 Å². The molecule has 4 nitrogen and oxygen atoms in total. The molecule has 0 saturated carbocycles. The molecule has 0 radical (unpaired) electrons. The van der Waals surface area contributed by atoms with E-state index in [0.29, 0.717) is 0 Å². The van der Waals surface area contributed by atoms with E-state index in [9.17, 15) is 4.79 Å². The molecular formula is C10H11N3O. The molecule has 2 heterocycles. The van der Waals surface area contributed by atoms with E-state index in [1.54, 1.807) is 12.4 Å². The molecular weight excluding hydrogens is 178 g/mol. The van der Waals surface area contributed by atoms with Crippen LogP contribution in [0.5, 0.6) is 0 Å². The lowest BCUT2D eigenvalue weighted by Gasteiger charge is -2.06. The molecule has 0 amide bonds. The Kier molecular flexibility index (Phi) is 2.05. The predicted molar refractivity (Wildman–Crippen MR) is 53.7 cm³/mol. The van der Waals surface area contributed by atoms with Crippen LogP contribution in [0.25, 0.3) is 11.0 Å². The van der Waals surface area contributed by atoms with Gasteiger partial charge in [0, 0.05) is 17.8 Å². The molecule has 2 aromatic rings. The average Bonchev–Trinajstić information content (AvgIpc) is 2.62. The smallest absolute Gasteiger partial charge is 0.151 e. The Hall–Kier alpha value is -1.68. The molecule has 4 heteroatoms. The lowest BCUT2D eigenvalue weighted by atomic mass is 10.1. The molecule has 2 aromatic heterocycles. The second-order valence-electron chi connectivity index (χ2n) is 3.27. The molecule has 2 rings (SSSR count). The van der Waals surface area contributed by atoms with Crippen LogP contribution in [0.4, 0.5) is 0 Å². The van der Waals surface area contributed by atoms with Crippen molar-refractivity contribution in [2.75, 3.05) is 0 Å². The van der Waals surface area contributed by atoms with Gasteiger partial charge >= 0.3 is 0 Å². The van der Waals surface area contributed by atoms with Gasteiger partial charge < -0.3 is 10.7 Å². The Bertz CT molecular complexity index is 475. The molecule has 0 saturated heterocycles. The minimum Gasteiger partial charge on any atom is -0.346 e. The SMILES string of the molecule is CC(=O)C(N)c1cnc2[nH]ccc2c1. The minimum atomic E-state index is -0.568. The summed E-state index contributed by atoms with van der Waals surface area (Å²) in [6.07, 6.45) is 3.44. The molecule has 1 unspecified atom stereocenters. The first kappa shape index (κ1) is 8.90. The summed E-state index contributed by atoms with van der Waals surface area (Å²) in [5.41, 5.74) is 7.26. The van der Waals surface area contributed by atoms with E-state index in [0.717, 1.165) is 16.6 Å². The Balaban J connectivity index is 2.48. The summed E-state index contributed by atoms with van der Waals surface area (Å²) in [5, 5.41) is 0.971. The number of pyridine rings is 1. The highest BCUT2D eigenvalue weighted by atomic mass is 16.1. The van der Waals surface area contributed by atoms with Crippen LogP contribution in [0, 0.1) is 0 Å². The van der Waals surface area contributed by atoms with Crippen LogP contribution in [-0.2, 0) is 4.79 Å². The molecule has 0 aliphatic heterocycles. The first-order valence-corrected chi connectivity index (χ1v) is 4.37. The number of aromatic amines is 1. The Morgan fingerprint density at radius 2 is 2.43 bits per heavy atom. The van der Waals surface area contributed by atoms with Gasteiger partial charge in [-0.25, -0.2) is 4.98 Å². The van der Waals surface area contributed by atoms with Crippen molar-refractivity contribution in [1.82, 2.24) is 9.97 Å². The van der Waals surface area contributed by atoms with Gasteiger partial charge in [0.2, 0.25) is 0 Å². The first-order chi connectivity index (χ1) is 6.68. The van der Waals surface area contributed by atoms with Gasteiger partial charge in [-0.2, -0.15) is 0 Å². The first-order valence-electron chi connectivity index (χ1n) is 4.37. The summed E-state index contributed by atoms with van der Waals surface area (Å²) in [7, 11) is 0. The van der Waals surface area contributed by atoms with Crippen LogP contribution in [0.15, 0.2) is 24.5 Å². The van der Waals surface area contributed by atoms with Crippen molar-refractivity contribution in [3.63, 3.8) is 0 Å². The molecule has 0 bridgehead atoms. The van der Waals surface area contributed by atoms with E-state index in [-0.39, 0.29) is 5.78 Å². The van der Waals surface area contributed by atoms with Crippen LogP contribution in [0.1, 0.15) is 18.5 Å². The van der Waals surface area contributed by atoms with Crippen LogP contribution in [-0.4, -0.2) is 15.8 Å². The van der Waals surface area contributed by atoms with Crippen LogP contribution < -0.4 is 5.73 Å². The highest BCUT2D eigenvalue weighted by Gasteiger charge is 2.11. The topological polar surface area (TPSA) is 71.8 Å². The zero-order valence-corrected chi connectivity index (χ0v) is 7.82. The monoisotopic (exact) mass is 189 g/mol. The number of nitrogens with zero attached hydrogens (tertiary/aromatic N) is 1. The van der Waals surface area contributed by atoms with Gasteiger partial charge in [-0.3, -0.25) is 4.79 Å². The normalized spacial score (nSPS) is 13.0. The second kappa shape index (κ2) is 3.23. The minimum absolute atomic E-state index is 0.0540. The van der Waals surface area contributed by atoms with Gasteiger partial charge in [-0.05, 0) is 24.6 Å². The van der Waals surface area contributed by atoms with Crippen molar-refractivity contribution >= 4 is 16.8 Å². The van der Waals surface area contributed by atoms with E-state index in [1.165, 1.54) is 6.92 Å². The number of Topliss-reactive ketones (excluding diaryl/α,β-unsaturated/α-hetero) is 1. The third-order valence-corrected chi connectivity index (χ3v) is 2.22. The van der Waals surface area contributed by atoms with Gasteiger partial charge in [-0.1, -0.05) is 0 Å². The summed E-state index contributed by atoms with van der Waals surface area (Å²) in [5.74, 6) is -0.0540. The third kappa shape index (κ3) is 1.40. The summed E-state index contributed by atoms with van der Waals surface area (Å²) >= 11 is 0. The highest BCUT2D eigenvalue weighted by Crippen LogP contribution is 2.16. The van der Waals surface area contributed by atoms with Gasteiger partial charge in [-0.15, -0.1) is 0 Å². The number of aromatic nitrogens is 2. The fourth-order valence-electron chi connectivity index (χ4n) is 1.36. The molecule has 3 N–H and O–H groups in total. The maximum atomic E-state index is 11.1. The summed E-state index contributed by atoms with van der Waals surface area (Å²) in [4.78, 5) is 18.2. The van der Waals surface area contributed by atoms with Crippen molar-refractivity contribution in [3.05, 3.63) is 30.1 Å². The second-order valence-corrected chi connectivity index (χ2v) is 3.27. The fourth-order valence-corrected chi connectivity index (χ4v) is 1.36. The largest absolute Gasteiger partial charge is 0.346 e. The summed E-state index contributed by atoms with van der Waals surface area (Å²) in [6, 6.07) is 3.21. The molecule has 0 aromatic carbocycles. The molecule has 0 fully saturated rings. The number of nitrogens with two attached hydrogens (primary N) is 1. The van der Waals surface area contributed by atoms with Gasteiger partial charge in [0.15, 0.2) is 5.78 Å². The van der Waals surface area contributed by atoms with E-state index in [2.05, 4.69) is 9.97 Å². The number of carbonyl (C=O) groups excluding carboxylic acids is 1. The van der Waals surface area contributed by atoms with Crippen LogP contribution >= 0.6 is 0 Å².